The highest BCUT2D eigenvalue weighted by Crippen LogP contribution is 2.22. The molecular formula is C10H10BrNO4. The molecule has 0 saturated carbocycles. The van der Waals surface area contributed by atoms with Crippen molar-refractivity contribution in [2.45, 2.75) is 18.9 Å². The lowest BCUT2D eigenvalue weighted by Crippen LogP contribution is -2.40. The maximum atomic E-state index is 11.9. The van der Waals surface area contributed by atoms with Gasteiger partial charge in [-0.05, 0) is 40.9 Å². The summed E-state index contributed by atoms with van der Waals surface area (Å²) >= 11 is 3.10. The highest BCUT2D eigenvalue weighted by atomic mass is 79.9. The van der Waals surface area contributed by atoms with Crippen molar-refractivity contribution < 1.29 is 19.1 Å². The molecule has 1 aliphatic heterocycles. The number of furan rings is 1. The van der Waals surface area contributed by atoms with Crippen molar-refractivity contribution in [1.29, 1.82) is 0 Å². The van der Waals surface area contributed by atoms with Gasteiger partial charge in [-0.25, -0.2) is 4.79 Å². The van der Waals surface area contributed by atoms with Gasteiger partial charge in [-0.2, -0.15) is 0 Å². The van der Waals surface area contributed by atoms with Crippen molar-refractivity contribution in [3.05, 3.63) is 22.6 Å². The predicted octanol–water partition coefficient (Wildman–Crippen LogP) is 1.73. The second kappa shape index (κ2) is 4.29. The summed E-state index contributed by atoms with van der Waals surface area (Å²) in [5.41, 5.74) is 0. The summed E-state index contributed by atoms with van der Waals surface area (Å²) in [7, 11) is 0. The van der Waals surface area contributed by atoms with E-state index in [1.807, 2.05) is 0 Å². The zero-order chi connectivity index (χ0) is 11.7. The fourth-order valence-electron chi connectivity index (χ4n) is 1.84. The molecule has 0 unspecified atom stereocenters. The molecule has 1 saturated heterocycles. The summed E-state index contributed by atoms with van der Waals surface area (Å²) < 4.78 is 5.58. The van der Waals surface area contributed by atoms with Crippen LogP contribution in [0.2, 0.25) is 0 Å². The first-order valence-electron chi connectivity index (χ1n) is 4.88. The van der Waals surface area contributed by atoms with Gasteiger partial charge >= 0.3 is 5.97 Å². The van der Waals surface area contributed by atoms with Crippen molar-refractivity contribution in [1.82, 2.24) is 4.90 Å². The molecule has 0 radical (unpaired) electrons. The highest BCUT2D eigenvalue weighted by molar-refractivity contribution is 9.10. The fourth-order valence-corrected chi connectivity index (χ4v) is 2.14. The maximum Gasteiger partial charge on any atom is 0.326 e. The van der Waals surface area contributed by atoms with Crippen LogP contribution in [0, 0.1) is 0 Å². The van der Waals surface area contributed by atoms with Gasteiger partial charge in [0.2, 0.25) is 0 Å². The number of rotatable bonds is 2. The Bertz CT molecular complexity index is 428. The highest BCUT2D eigenvalue weighted by Gasteiger charge is 2.35. The SMILES string of the molecule is O=C(O)[C@H]1CCCN1C(=O)c1ccc(Br)o1. The molecule has 1 aromatic heterocycles. The first kappa shape index (κ1) is 11.2. The number of carbonyl (C=O) groups is 2. The number of amides is 1. The van der Waals surface area contributed by atoms with E-state index < -0.39 is 12.0 Å². The van der Waals surface area contributed by atoms with E-state index in [4.69, 9.17) is 9.52 Å². The lowest BCUT2D eigenvalue weighted by molar-refractivity contribution is -0.141. The molecule has 0 aromatic carbocycles. The fraction of sp³-hybridized carbons (Fsp3) is 0.400. The number of nitrogens with zero attached hydrogens (tertiary/aromatic N) is 1. The van der Waals surface area contributed by atoms with Gasteiger partial charge in [0.1, 0.15) is 6.04 Å². The van der Waals surface area contributed by atoms with Gasteiger partial charge in [-0.3, -0.25) is 4.79 Å². The molecule has 0 spiro atoms. The second-order valence-corrected chi connectivity index (χ2v) is 4.38. The molecule has 6 heteroatoms. The molecule has 0 aliphatic carbocycles. The Labute approximate surface area is 100 Å². The molecule has 1 fully saturated rings. The summed E-state index contributed by atoms with van der Waals surface area (Å²) in [5, 5.41) is 8.95. The third kappa shape index (κ3) is 1.97. The summed E-state index contributed by atoms with van der Waals surface area (Å²) in [5.74, 6) is -1.16. The molecule has 2 heterocycles. The smallest absolute Gasteiger partial charge is 0.326 e. The van der Waals surface area contributed by atoms with Gasteiger partial charge in [-0.1, -0.05) is 0 Å². The number of aliphatic carboxylic acids is 1. The Kier molecular flexibility index (Phi) is 3.00. The summed E-state index contributed by atoms with van der Waals surface area (Å²) in [4.78, 5) is 24.2. The third-order valence-electron chi connectivity index (χ3n) is 2.58. The quantitative estimate of drug-likeness (QED) is 0.899. The first-order valence-corrected chi connectivity index (χ1v) is 5.68. The molecule has 1 amide bonds. The predicted molar refractivity (Wildman–Crippen MR) is 58.1 cm³/mol. The van der Waals surface area contributed by atoms with Gasteiger partial charge < -0.3 is 14.4 Å². The second-order valence-electron chi connectivity index (χ2n) is 3.60. The van der Waals surface area contributed by atoms with Gasteiger partial charge in [0.25, 0.3) is 5.91 Å². The van der Waals surface area contributed by atoms with Gasteiger partial charge in [0.15, 0.2) is 10.4 Å². The normalized spacial score (nSPS) is 20.1. The van der Waals surface area contributed by atoms with Crippen LogP contribution in [-0.4, -0.2) is 34.5 Å². The molecule has 1 N–H and O–H groups in total. The summed E-state index contributed by atoms with van der Waals surface area (Å²) in [6.07, 6.45) is 1.22. The lowest BCUT2D eigenvalue weighted by atomic mass is 10.2. The van der Waals surface area contributed by atoms with Gasteiger partial charge in [0.05, 0.1) is 0 Å². The maximum absolute atomic E-state index is 11.9. The molecular weight excluding hydrogens is 278 g/mol. The van der Waals surface area contributed by atoms with Crippen molar-refractivity contribution >= 4 is 27.8 Å². The van der Waals surface area contributed by atoms with Crippen LogP contribution in [0.25, 0.3) is 0 Å². The van der Waals surface area contributed by atoms with Crippen molar-refractivity contribution in [3.8, 4) is 0 Å². The summed E-state index contributed by atoms with van der Waals surface area (Å²) in [6.45, 7) is 0.466. The van der Waals surface area contributed by atoms with Gasteiger partial charge in [0, 0.05) is 6.54 Å². The molecule has 1 aliphatic rings. The monoisotopic (exact) mass is 287 g/mol. The van der Waals surface area contributed by atoms with Gasteiger partial charge in [-0.15, -0.1) is 0 Å². The number of carbonyl (C=O) groups excluding carboxylic acids is 1. The number of carboxylic acid groups (broad SMARTS) is 1. The van der Waals surface area contributed by atoms with E-state index in [2.05, 4.69) is 15.9 Å². The topological polar surface area (TPSA) is 70.8 Å². The minimum absolute atomic E-state index is 0.167. The number of hydrogen-bond donors (Lipinski definition) is 1. The third-order valence-corrected chi connectivity index (χ3v) is 3.01. The zero-order valence-corrected chi connectivity index (χ0v) is 9.94. The summed E-state index contributed by atoms with van der Waals surface area (Å²) in [6, 6.07) is 2.42. The van der Waals surface area contributed by atoms with E-state index >= 15 is 0 Å². The molecule has 86 valence electrons. The van der Waals surface area contributed by atoms with Crippen molar-refractivity contribution in [2.24, 2.45) is 0 Å². The van der Waals surface area contributed by atoms with Crippen LogP contribution in [0.15, 0.2) is 21.2 Å². The largest absolute Gasteiger partial charge is 0.480 e. The van der Waals surface area contributed by atoms with Crippen LogP contribution >= 0.6 is 15.9 Å². The average Bonchev–Trinajstić information content (AvgIpc) is 2.84. The minimum atomic E-state index is -0.962. The Morgan fingerprint density at radius 2 is 2.25 bits per heavy atom. The molecule has 5 nitrogen and oxygen atoms in total. The molecule has 16 heavy (non-hydrogen) atoms. The number of halogens is 1. The van der Waals surface area contributed by atoms with E-state index in [0.29, 0.717) is 24.1 Å². The Morgan fingerprint density at radius 3 is 2.81 bits per heavy atom. The van der Waals surface area contributed by atoms with Crippen LogP contribution in [0.3, 0.4) is 0 Å². The van der Waals surface area contributed by atoms with E-state index in [1.165, 1.54) is 11.0 Å². The Balaban J connectivity index is 2.18. The van der Waals surface area contributed by atoms with E-state index in [-0.39, 0.29) is 11.7 Å². The van der Waals surface area contributed by atoms with Crippen molar-refractivity contribution in [3.63, 3.8) is 0 Å². The van der Waals surface area contributed by atoms with Crippen LogP contribution in [0.4, 0.5) is 0 Å². The standard InChI is InChI=1S/C10H10BrNO4/c11-8-4-3-7(16-8)9(13)12-5-1-2-6(12)10(14)15/h3-4,6H,1-2,5H2,(H,14,15)/t6-/m1/s1. The molecule has 1 aromatic rings. The number of hydrogen-bond acceptors (Lipinski definition) is 3. The van der Waals surface area contributed by atoms with E-state index in [0.717, 1.165) is 0 Å². The minimum Gasteiger partial charge on any atom is -0.480 e. The van der Waals surface area contributed by atoms with Crippen LogP contribution in [0.5, 0.6) is 0 Å². The zero-order valence-electron chi connectivity index (χ0n) is 8.35. The van der Waals surface area contributed by atoms with Crippen LogP contribution in [-0.2, 0) is 4.79 Å². The van der Waals surface area contributed by atoms with E-state index in [9.17, 15) is 9.59 Å². The Hall–Kier alpha value is -1.30. The molecule has 1 atom stereocenters. The first-order chi connectivity index (χ1) is 7.59. The van der Waals surface area contributed by atoms with Crippen molar-refractivity contribution in [2.75, 3.05) is 6.54 Å². The lowest BCUT2D eigenvalue weighted by Gasteiger charge is -2.19. The molecule has 2 rings (SSSR count). The van der Waals surface area contributed by atoms with E-state index in [1.54, 1.807) is 6.07 Å². The van der Waals surface area contributed by atoms with Crippen LogP contribution < -0.4 is 0 Å². The van der Waals surface area contributed by atoms with Crippen LogP contribution in [0.1, 0.15) is 23.4 Å². The number of likely N-dealkylation sites (tertiary alicyclic amines) is 1. The Morgan fingerprint density at radius 1 is 1.50 bits per heavy atom. The number of carboxylic acids is 1. The average molecular weight is 288 g/mol. The molecule has 0 bridgehead atoms.